The zero-order valence-electron chi connectivity index (χ0n) is 19.6. The van der Waals surface area contributed by atoms with E-state index >= 15 is 0 Å². The second-order valence-electron chi connectivity index (χ2n) is 8.75. The van der Waals surface area contributed by atoms with Crippen LogP contribution in [0.15, 0.2) is 46.1 Å². The van der Waals surface area contributed by atoms with Gasteiger partial charge in [-0.1, -0.05) is 18.7 Å². The molecule has 1 aliphatic heterocycles. The summed E-state index contributed by atoms with van der Waals surface area (Å²) < 4.78 is 23.1. The topological polar surface area (TPSA) is 119 Å². The molecule has 1 aliphatic rings. The molecule has 4 atom stereocenters. The molecule has 1 saturated heterocycles. The maximum absolute atomic E-state index is 13.2. The minimum Gasteiger partial charge on any atom is -0.507 e. The van der Waals surface area contributed by atoms with Gasteiger partial charge in [0, 0.05) is 22.6 Å². The normalized spacial score (nSPS) is 22.5. The molecule has 0 radical (unpaired) electrons. The summed E-state index contributed by atoms with van der Waals surface area (Å²) in [5.41, 5.74) is 0.795. The largest absolute Gasteiger partial charge is 0.507 e. The Balaban J connectivity index is 1.97. The van der Waals surface area contributed by atoms with Crippen molar-refractivity contribution in [2.45, 2.75) is 37.8 Å². The van der Waals surface area contributed by atoms with E-state index in [1.54, 1.807) is 37.3 Å². The summed E-state index contributed by atoms with van der Waals surface area (Å²) in [6, 6.07) is 8.23. The number of ether oxygens (including phenoxy) is 3. The first-order chi connectivity index (χ1) is 16.8. The minimum atomic E-state index is -1.02. The van der Waals surface area contributed by atoms with Crippen LogP contribution in [0.25, 0.3) is 38.6 Å². The number of aliphatic hydroxyl groups is 2. The molecule has 5 rings (SSSR count). The molecule has 1 fully saturated rings. The number of hydrogen-bond acceptors (Lipinski definition) is 8. The molecule has 8 nitrogen and oxygen atoms in total. The van der Waals surface area contributed by atoms with Crippen molar-refractivity contribution in [2.75, 3.05) is 14.2 Å². The smallest absolute Gasteiger partial charge is 0.344 e. The fourth-order valence-electron chi connectivity index (χ4n) is 4.95. The first-order valence-corrected chi connectivity index (χ1v) is 11.2. The fourth-order valence-corrected chi connectivity index (χ4v) is 4.95. The van der Waals surface area contributed by atoms with Crippen LogP contribution in [0.2, 0.25) is 0 Å². The van der Waals surface area contributed by atoms with E-state index in [0.717, 1.165) is 0 Å². The number of fused-ring (bicyclic) bond motifs is 5. The Hall–Kier alpha value is -3.59. The Kier molecular flexibility index (Phi) is 5.67. The van der Waals surface area contributed by atoms with E-state index in [4.69, 9.17) is 18.6 Å². The van der Waals surface area contributed by atoms with E-state index in [1.165, 1.54) is 20.3 Å². The van der Waals surface area contributed by atoms with Crippen molar-refractivity contribution in [1.82, 2.24) is 0 Å². The van der Waals surface area contributed by atoms with Gasteiger partial charge in [-0.25, -0.2) is 4.79 Å². The molecule has 1 aromatic heterocycles. The molecule has 182 valence electrons. The number of benzene rings is 3. The quantitative estimate of drug-likeness (QED) is 0.297. The van der Waals surface area contributed by atoms with Crippen LogP contribution in [0, 0.1) is 0 Å². The molecule has 0 saturated carbocycles. The third kappa shape index (κ3) is 3.53. The van der Waals surface area contributed by atoms with Crippen LogP contribution in [0.4, 0.5) is 0 Å². The van der Waals surface area contributed by atoms with Gasteiger partial charge >= 0.3 is 5.63 Å². The SMILES string of the molecule is C=Cc1cc(OC)c2c(c1)c(=O)oc1c2cc(OC)c2c(O)ccc([C@@H]3O[C@H](C)[C@H](O)C[C@H]3O)c21. The lowest BCUT2D eigenvalue weighted by Crippen LogP contribution is -2.41. The summed E-state index contributed by atoms with van der Waals surface area (Å²) in [7, 11) is 2.99. The molecule has 8 heteroatoms. The van der Waals surface area contributed by atoms with Gasteiger partial charge in [0.25, 0.3) is 0 Å². The lowest BCUT2D eigenvalue weighted by Gasteiger charge is -2.36. The van der Waals surface area contributed by atoms with E-state index < -0.39 is 30.0 Å². The van der Waals surface area contributed by atoms with Crippen LogP contribution >= 0.6 is 0 Å². The van der Waals surface area contributed by atoms with E-state index in [1.807, 2.05) is 0 Å². The average Bonchev–Trinajstić information content (AvgIpc) is 2.85. The minimum absolute atomic E-state index is 0.0856. The van der Waals surface area contributed by atoms with Gasteiger partial charge in [-0.05, 0) is 42.3 Å². The molecule has 0 aliphatic carbocycles. The highest BCUT2D eigenvalue weighted by Gasteiger charge is 2.37. The Morgan fingerprint density at radius 1 is 1.00 bits per heavy atom. The Labute approximate surface area is 200 Å². The second-order valence-corrected chi connectivity index (χ2v) is 8.75. The van der Waals surface area contributed by atoms with Crippen molar-refractivity contribution in [3.05, 3.63) is 58.5 Å². The van der Waals surface area contributed by atoms with Crippen molar-refractivity contribution in [3.63, 3.8) is 0 Å². The van der Waals surface area contributed by atoms with Gasteiger partial charge in [0.1, 0.15) is 28.9 Å². The number of aromatic hydroxyl groups is 1. The van der Waals surface area contributed by atoms with Crippen molar-refractivity contribution >= 4 is 38.6 Å². The number of methoxy groups -OCH3 is 2. The number of aliphatic hydroxyl groups excluding tert-OH is 2. The molecular formula is C27H26O8. The zero-order chi connectivity index (χ0) is 25.0. The van der Waals surface area contributed by atoms with Gasteiger partial charge in [-0.2, -0.15) is 0 Å². The summed E-state index contributed by atoms with van der Waals surface area (Å²) >= 11 is 0. The van der Waals surface area contributed by atoms with E-state index in [-0.39, 0.29) is 17.8 Å². The van der Waals surface area contributed by atoms with Crippen molar-refractivity contribution in [3.8, 4) is 17.2 Å². The second kappa shape index (κ2) is 8.57. The third-order valence-corrected chi connectivity index (χ3v) is 6.74. The molecule has 2 heterocycles. The summed E-state index contributed by atoms with van der Waals surface area (Å²) in [5.74, 6) is 0.705. The summed E-state index contributed by atoms with van der Waals surface area (Å²) in [6.45, 7) is 5.50. The fraction of sp³-hybridized carbons (Fsp3) is 0.296. The number of rotatable bonds is 4. The van der Waals surface area contributed by atoms with Gasteiger partial charge in [0.15, 0.2) is 0 Å². The molecule has 0 amide bonds. The molecular weight excluding hydrogens is 452 g/mol. The maximum atomic E-state index is 13.2. The van der Waals surface area contributed by atoms with Gasteiger partial charge in [-0.3, -0.25) is 0 Å². The predicted octanol–water partition coefficient (Wildman–Crippen LogP) is 4.04. The number of hydrogen-bond donors (Lipinski definition) is 3. The van der Waals surface area contributed by atoms with Gasteiger partial charge in [-0.15, -0.1) is 0 Å². The monoisotopic (exact) mass is 478 g/mol. The summed E-state index contributed by atoms with van der Waals surface area (Å²) in [4.78, 5) is 13.2. The lowest BCUT2D eigenvalue weighted by atomic mass is 9.89. The molecule has 3 aromatic carbocycles. The zero-order valence-corrected chi connectivity index (χ0v) is 19.6. The summed E-state index contributed by atoms with van der Waals surface area (Å²) in [6.07, 6.45) is -1.48. The maximum Gasteiger partial charge on any atom is 0.344 e. The molecule has 0 bridgehead atoms. The van der Waals surface area contributed by atoms with E-state index in [0.29, 0.717) is 49.6 Å². The molecule has 0 unspecified atom stereocenters. The van der Waals surface area contributed by atoms with E-state index in [9.17, 15) is 20.1 Å². The van der Waals surface area contributed by atoms with Crippen LogP contribution in [-0.2, 0) is 4.74 Å². The highest BCUT2D eigenvalue weighted by Crippen LogP contribution is 2.47. The first kappa shape index (κ1) is 23.2. The summed E-state index contributed by atoms with van der Waals surface area (Å²) in [5, 5.41) is 33.8. The molecule has 4 aromatic rings. The highest BCUT2D eigenvalue weighted by atomic mass is 16.5. The van der Waals surface area contributed by atoms with Crippen molar-refractivity contribution in [2.24, 2.45) is 0 Å². The van der Waals surface area contributed by atoms with Crippen molar-refractivity contribution < 1.29 is 33.9 Å². The predicted molar refractivity (Wildman–Crippen MR) is 132 cm³/mol. The van der Waals surface area contributed by atoms with Gasteiger partial charge < -0.3 is 33.9 Å². The Morgan fingerprint density at radius 3 is 2.40 bits per heavy atom. The van der Waals surface area contributed by atoms with Crippen LogP contribution < -0.4 is 15.1 Å². The average molecular weight is 478 g/mol. The highest BCUT2D eigenvalue weighted by molar-refractivity contribution is 6.19. The van der Waals surface area contributed by atoms with E-state index in [2.05, 4.69) is 6.58 Å². The van der Waals surface area contributed by atoms with Crippen molar-refractivity contribution in [1.29, 1.82) is 0 Å². The number of phenols is 1. The molecule has 3 N–H and O–H groups in total. The standard InChI is InChI=1S/C27H26O8/c1-5-13-8-16-22(20(9-13)32-3)15-10-21(33-4)24-17(28)7-6-14(23(24)26(15)35-27(16)31)25-19(30)11-18(29)12(2)34-25/h5-10,12,18-19,25,28-30H,1,11H2,2-4H3/t12-,18-,19-,25+/m1/s1. The molecule has 0 spiro atoms. The lowest BCUT2D eigenvalue weighted by molar-refractivity contribution is -0.164. The molecule has 35 heavy (non-hydrogen) atoms. The Bertz CT molecular complexity index is 1540. The van der Waals surface area contributed by atoms with Crippen LogP contribution in [0.1, 0.15) is 30.6 Å². The third-order valence-electron chi connectivity index (χ3n) is 6.74. The van der Waals surface area contributed by atoms with Crippen LogP contribution in [0.5, 0.6) is 17.2 Å². The van der Waals surface area contributed by atoms with Gasteiger partial charge in [0.2, 0.25) is 0 Å². The van der Waals surface area contributed by atoms with Gasteiger partial charge in [0.05, 0.1) is 43.3 Å². The first-order valence-electron chi connectivity index (χ1n) is 11.2. The number of phenolic OH excluding ortho intramolecular Hbond substituents is 1. The Morgan fingerprint density at radius 2 is 1.71 bits per heavy atom. The van der Waals surface area contributed by atoms with Crippen LogP contribution in [0.3, 0.4) is 0 Å². The van der Waals surface area contributed by atoms with Crippen LogP contribution in [-0.4, -0.2) is 47.9 Å².